The number of phenols is 1. The highest BCUT2D eigenvalue weighted by Gasteiger charge is 2.41. The maximum atomic E-state index is 13.3. The van der Waals surface area contributed by atoms with Gasteiger partial charge >= 0.3 is 0 Å². The highest BCUT2D eigenvalue weighted by Crippen LogP contribution is 2.33. The van der Waals surface area contributed by atoms with Gasteiger partial charge in [-0.3, -0.25) is 24.0 Å². The number of piperidine rings is 1. The average Bonchev–Trinajstić information content (AvgIpc) is 3.92. The number of fused-ring (bicyclic) bond motifs is 1. The summed E-state index contributed by atoms with van der Waals surface area (Å²) in [7, 11) is 0. The van der Waals surface area contributed by atoms with Crippen LogP contribution in [0.25, 0.3) is 10.9 Å². The minimum atomic E-state index is -0.863. The number of carbonyl (C=O) groups excluding carboxylic acids is 2. The molecule has 2 aromatic heterocycles. The fourth-order valence-corrected chi connectivity index (χ4v) is 8.07. The Kier molecular flexibility index (Phi) is 13.4. The van der Waals surface area contributed by atoms with Crippen molar-refractivity contribution in [3.8, 4) is 5.75 Å². The zero-order valence-electron chi connectivity index (χ0n) is 33.0. The predicted octanol–water partition coefficient (Wildman–Crippen LogP) is 3.47. The number of aromatic amines is 1. The SMILES string of the molecule is CCN(CCNC[C@H](O)c1ccc(O)c2[nH]c(=O)ccc12)C(=O)CCOCCc1cccc(CN2CCC3(CC2)CN(C(=O)c2ccn(CC4CC4)n2)CCO3)c1. The van der Waals surface area contributed by atoms with Crippen molar-refractivity contribution in [1.82, 2.24) is 34.8 Å². The molecule has 1 saturated carbocycles. The van der Waals surface area contributed by atoms with Crippen molar-refractivity contribution in [1.29, 1.82) is 0 Å². The number of pyridine rings is 1. The lowest BCUT2D eigenvalue weighted by Crippen LogP contribution is -2.58. The molecule has 3 aliphatic rings. The van der Waals surface area contributed by atoms with E-state index in [0.29, 0.717) is 87.0 Å². The minimum Gasteiger partial charge on any atom is -0.506 e. The van der Waals surface area contributed by atoms with E-state index in [0.717, 1.165) is 45.4 Å². The molecule has 2 saturated heterocycles. The summed E-state index contributed by atoms with van der Waals surface area (Å²) in [6, 6.07) is 16.5. The number of morpholine rings is 1. The standard InChI is InChI=1S/C43H57N7O7/c1-2-48(21-17-44-27-38(52)34-8-10-37(51)41-35(34)9-11-39(53)45-41)40(54)14-24-56-23-13-31-4-3-5-33(26-31)28-47-19-15-43(16-20-47)30-49(22-25-57-43)42(55)36-12-18-50(46-36)29-32-6-7-32/h3-5,8-12,18,26,32,38,44,51-52H,2,6-7,13-17,19-25,27-30H2,1H3,(H,45,53)/t38-/m0/s1. The molecule has 4 heterocycles. The van der Waals surface area contributed by atoms with E-state index in [4.69, 9.17) is 9.47 Å². The van der Waals surface area contributed by atoms with E-state index >= 15 is 0 Å². The van der Waals surface area contributed by atoms with Crippen molar-refractivity contribution < 1.29 is 29.3 Å². The normalized spacial score (nSPS) is 17.6. The van der Waals surface area contributed by atoms with Gasteiger partial charge in [-0.05, 0) is 79.8 Å². The van der Waals surface area contributed by atoms with Gasteiger partial charge in [0.05, 0.1) is 50.0 Å². The fourth-order valence-electron chi connectivity index (χ4n) is 8.07. The molecule has 3 fully saturated rings. The molecule has 0 radical (unpaired) electrons. The predicted molar refractivity (Wildman–Crippen MR) is 216 cm³/mol. The number of likely N-dealkylation sites (N-methyl/N-ethyl adjacent to an activating group) is 1. The van der Waals surface area contributed by atoms with Crippen LogP contribution in [0.4, 0.5) is 0 Å². The number of phenolic OH excluding ortho intramolecular Hbond substituents is 1. The maximum Gasteiger partial charge on any atom is 0.274 e. The number of aromatic hydroxyl groups is 1. The van der Waals surface area contributed by atoms with E-state index in [-0.39, 0.29) is 35.3 Å². The molecule has 1 atom stereocenters. The summed E-state index contributed by atoms with van der Waals surface area (Å²) in [5, 5.41) is 29.3. The molecule has 0 bridgehead atoms. The molecule has 0 unspecified atom stereocenters. The summed E-state index contributed by atoms with van der Waals surface area (Å²) in [4.78, 5) is 46.7. The molecule has 14 nitrogen and oxygen atoms in total. The summed E-state index contributed by atoms with van der Waals surface area (Å²) < 4.78 is 14.2. The zero-order chi connectivity index (χ0) is 39.8. The van der Waals surface area contributed by atoms with E-state index in [1.807, 2.05) is 28.8 Å². The number of nitrogens with zero attached hydrogens (tertiary/aromatic N) is 5. The second-order valence-electron chi connectivity index (χ2n) is 15.8. The zero-order valence-corrected chi connectivity index (χ0v) is 33.0. The van der Waals surface area contributed by atoms with Crippen LogP contribution in [0.1, 0.15) is 72.3 Å². The Morgan fingerprint density at radius 3 is 2.72 bits per heavy atom. The van der Waals surface area contributed by atoms with Crippen molar-refractivity contribution in [3.63, 3.8) is 0 Å². The van der Waals surface area contributed by atoms with E-state index in [1.165, 1.54) is 36.1 Å². The van der Waals surface area contributed by atoms with Crippen molar-refractivity contribution in [2.75, 3.05) is 72.2 Å². The third-order valence-electron chi connectivity index (χ3n) is 11.6. The van der Waals surface area contributed by atoms with Gasteiger partial charge in [0.25, 0.3) is 5.91 Å². The van der Waals surface area contributed by atoms with Gasteiger partial charge < -0.3 is 39.8 Å². The van der Waals surface area contributed by atoms with Gasteiger partial charge in [0, 0.05) is 76.6 Å². The van der Waals surface area contributed by atoms with Gasteiger partial charge in [-0.2, -0.15) is 5.10 Å². The minimum absolute atomic E-state index is 0.00647. The van der Waals surface area contributed by atoms with Gasteiger partial charge in [-0.15, -0.1) is 0 Å². The Balaban J connectivity index is 0.779. The molecule has 4 aromatic rings. The number of ether oxygens (including phenoxy) is 2. The van der Waals surface area contributed by atoms with Crippen molar-refractivity contribution in [2.24, 2.45) is 5.92 Å². The third kappa shape index (κ3) is 10.7. The number of aliphatic hydroxyl groups is 1. The molecule has 2 aromatic carbocycles. The number of amides is 2. The van der Waals surface area contributed by atoms with E-state index in [9.17, 15) is 24.6 Å². The summed E-state index contributed by atoms with van der Waals surface area (Å²) in [5.41, 5.74) is 3.25. The number of aromatic nitrogens is 3. The Labute approximate surface area is 333 Å². The molecule has 1 spiro atoms. The first-order chi connectivity index (χ1) is 27.7. The fraction of sp³-hybridized carbons (Fsp3) is 0.535. The number of nitrogens with one attached hydrogen (secondary N) is 2. The monoisotopic (exact) mass is 783 g/mol. The molecule has 14 heteroatoms. The van der Waals surface area contributed by atoms with Crippen molar-refractivity contribution >= 4 is 22.7 Å². The van der Waals surface area contributed by atoms with Crippen molar-refractivity contribution in [2.45, 2.75) is 70.2 Å². The highest BCUT2D eigenvalue weighted by atomic mass is 16.5. The third-order valence-corrected chi connectivity index (χ3v) is 11.6. The largest absolute Gasteiger partial charge is 0.506 e. The molecule has 2 aliphatic heterocycles. The molecule has 4 N–H and O–H groups in total. The second kappa shape index (κ2) is 18.8. The number of hydrogen-bond acceptors (Lipinski definition) is 10. The van der Waals surface area contributed by atoms with Crippen LogP contribution < -0.4 is 10.9 Å². The molecular weight excluding hydrogens is 727 g/mol. The topological polar surface area (TPSA) is 165 Å². The smallest absolute Gasteiger partial charge is 0.274 e. The number of aliphatic hydroxyl groups excluding tert-OH is 1. The lowest BCUT2D eigenvalue weighted by atomic mass is 9.89. The lowest BCUT2D eigenvalue weighted by Gasteiger charge is -2.47. The number of H-pyrrole nitrogens is 1. The summed E-state index contributed by atoms with van der Waals surface area (Å²) in [6.45, 7) is 9.99. The molecule has 57 heavy (non-hydrogen) atoms. The van der Waals surface area contributed by atoms with Crippen LogP contribution in [0.5, 0.6) is 5.75 Å². The van der Waals surface area contributed by atoms with E-state index in [2.05, 4.69) is 44.6 Å². The average molecular weight is 784 g/mol. The van der Waals surface area contributed by atoms with Gasteiger partial charge in [-0.25, -0.2) is 0 Å². The second-order valence-corrected chi connectivity index (χ2v) is 15.8. The van der Waals surface area contributed by atoms with Gasteiger partial charge in [0.2, 0.25) is 11.5 Å². The number of rotatable bonds is 18. The van der Waals surface area contributed by atoms with Gasteiger partial charge in [0.15, 0.2) is 0 Å². The van der Waals surface area contributed by atoms with Crippen LogP contribution in [0, 0.1) is 5.92 Å². The van der Waals surface area contributed by atoms with Crippen LogP contribution in [0.15, 0.2) is 65.6 Å². The van der Waals surface area contributed by atoms with Crippen molar-refractivity contribution in [3.05, 3.63) is 93.5 Å². The lowest BCUT2D eigenvalue weighted by molar-refractivity contribution is -0.132. The van der Waals surface area contributed by atoms with Gasteiger partial charge in [0.1, 0.15) is 11.4 Å². The van der Waals surface area contributed by atoms with Gasteiger partial charge in [-0.1, -0.05) is 30.3 Å². The molecule has 1 aliphatic carbocycles. The van der Waals surface area contributed by atoms with Crippen LogP contribution in [-0.2, 0) is 33.8 Å². The summed E-state index contributed by atoms with van der Waals surface area (Å²) in [5.74, 6) is 0.686. The Morgan fingerprint density at radius 2 is 1.91 bits per heavy atom. The number of carbonyl (C=O) groups is 2. The summed E-state index contributed by atoms with van der Waals surface area (Å²) >= 11 is 0. The van der Waals surface area contributed by atoms with Crippen LogP contribution in [0.2, 0.25) is 0 Å². The number of benzene rings is 2. The highest BCUT2D eigenvalue weighted by molar-refractivity contribution is 5.92. The quantitative estimate of drug-likeness (QED) is 0.110. The summed E-state index contributed by atoms with van der Waals surface area (Å²) in [6.07, 6.45) is 6.41. The Morgan fingerprint density at radius 1 is 1.09 bits per heavy atom. The van der Waals surface area contributed by atoms with Crippen LogP contribution in [-0.4, -0.2) is 129 Å². The molecule has 7 rings (SSSR count). The maximum absolute atomic E-state index is 13.3. The van der Waals surface area contributed by atoms with Crippen LogP contribution >= 0.6 is 0 Å². The van der Waals surface area contributed by atoms with E-state index < -0.39 is 6.10 Å². The first kappa shape index (κ1) is 40.6. The Hall–Kier alpha value is -4.60. The molecule has 2 amide bonds. The van der Waals surface area contributed by atoms with Crippen LogP contribution in [0.3, 0.4) is 0 Å². The molecule has 306 valence electrons. The first-order valence-electron chi connectivity index (χ1n) is 20.5. The molecular formula is C43H57N7O7. The van der Waals surface area contributed by atoms with E-state index in [1.54, 1.807) is 17.0 Å². The first-order valence-corrected chi connectivity index (χ1v) is 20.5. The number of likely N-dealkylation sites (tertiary alicyclic amines) is 1. The number of hydrogen-bond donors (Lipinski definition) is 4. The Bertz CT molecular complexity index is 2040.